The van der Waals surface area contributed by atoms with Gasteiger partial charge in [-0.3, -0.25) is 4.79 Å². The van der Waals surface area contributed by atoms with E-state index < -0.39 is 0 Å². The van der Waals surface area contributed by atoms with Crippen molar-refractivity contribution in [3.05, 3.63) is 28.5 Å². The standard InChI is InChI=1S/C12H15BrN2OS/c1-17-12(6-3-7-12)8-14-11(16)9-4-2-5-10(13)15-9/h2,4-5H,3,6-8H2,1H3,(H,14,16). The Morgan fingerprint density at radius 2 is 2.35 bits per heavy atom. The summed E-state index contributed by atoms with van der Waals surface area (Å²) in [5, 5.41) is 2.98. The van der Waals surface area contributed by atoms with Crippen LogP contribution in [0.2, 0.25) is 0 Å². The fourth-order valence-corrected chi connectivity index (χ4v) is 3.15. The number of halogens is 1. The van der Waals surface area contributed by atoms with Crippen LogP contribution in [-0.2, 0) is 0 Å². The molecule has 0 bridgehead atoms. The quantitative estimate of drug-likeness (QED) is 0.869. The summed E-state index contributed by atoms with van der Waals surface area (Å²) in [7, 11) is 0. The molecule has 1 aromatic rings. The summed E-state index contributed by atoms with van der Waals surface area (Å²) in [4.78, 5) is 16.0. The summed E-state index contributed by atoms with van der Waals surface area (Å²) < 4.78 is 0.954. The van der Waals surface area contributed by atoms with Crippen LogP contribution >= 0.6 is 27.7 Å². The van der Waals surface area contributed by atoms with E-state index in [-0.39, 0.29) is 10.7 Å². The first-order chi connectivity index (χ1) is 8.15. The van der Waals surface area contributed by atoms with Gasteiger partial charge in [0.25, 0.3) is 5.91 Å². The van der Waals surface area contributed by atoms with E-state index in [4.69, 9.17) is 0 Å². The van der Waals surface area contributed by atoms with Crippen LogP contribution in [-0.4, -0.2) is 28.4 Å². The molecule has 0 saturated heterocycles. The van der Waals surface area contributed by atoms with Gasteiger partial charge >= 0.3 is 0 Å². The SMILES string of the molecule is CSC1(CNC(=O)c2cccc(Br)n2)CCC1. The van der Waals surface area contributed by atoms with Gasteiger partial charge in [0.1, 0.15) is 10.3 Å². The van der Waals surface area contributed by atoms with Gasteiger partial charge in [0.2, 0.25) is 0 Å². The molecular formula is C12H15BrN2OS. The summed E-state index contributed by atoms with van der Waals surface area (Å²) in [6, 6.07) is 5.36. The van der Waals surface area contributed by atoms with Crippen LogP contribution in [0.15, 0.2) is 22.8 Å². The van der Waals surface area contributed by atoms with Crippen LogP contribution < -0.4 is 5.32 Å². The summed E-state index contributed by atoms with van der Waals surface area (Å²) >= 11 is 5.12. The average molecular weight is 315 g/mol. The summed E-state index contributed by atoms with van der Waals surface area (Å²) in [6.45, 7) is 0.737. The number of nitrogens with zero attached hydrogens (tertiary/aromatic N) is 1. The van der Waals surface area contributed by atoms with Gasteiger partial charge < -0.3 is 5.32 Å². The Hall–Kier alpha value is -0.550. The minimum Gasteiger partial charge on any atom is -0.349 e. The number of hydrogen-bond donors (Lipinski definition) is 1. The van der Waals surface area contributed by atoms with Crippen molar-refractivity contribution in [3.63, 3.8) is 0 Å². The van der Waals surface area contributed by atoms with Crippen molar-refractivity contribution < 1.29 is 4.79 Å². The minimum atomic E-state index is -0.0911. The summed E-state index contributed by atoms with van der Waals surface area (Å²) in [5.74, 6) is -0.0911. The van der Waals surface area contributed by atoms with Gasteiger partial charge in [-0.15, -0.1) is 0 Å². The van der Waals surface area contributed by atoms with Crippen LogP contribution in [0, 0.1) is 0 Å². The number of amides is 1. The van der Waals surface area contributed by atoms with Crippen molar-refractivity contribution in [1.29, 1.82) is 0 Å². The van der Waals surface area contributed by atoms with Crippen LogP contribution in [0.25, 0.3) is 0 Å². The van der Waals surface area contributed by atoms with Gasteiger partial charge in [0.15, 0.2) is 0 Å². The zero-order valence-corrected chi connectivity index (χ0v) is 12.1. The highest BCUT2D eigenvalue weighted by molar-refractivity contribution is 9.10. The molecule has 1 aliphatic rings. The summed E-state index contributed by atoms with van der Waals surface area (Å²) in [5.41, 5.74) is 0.468. The van der Waals surface area contributed by atoms with Crippen molar-refractivity contribution in [3.8, 4) is 0 Å². The lowest BCUT2D eigenvalue weighted by Crippen LogP contribution is -2.45. The number of hydrogen-bond acceptors (Lipinski definition) is 3. The zero-order valence-electron chi connectivity index (χ0n) is 9.70. The Bertz CT molecular complexity index is 415. The van der Waals surface area contributed by atoms with Crippen molar-refractivity contribution >= 4 is 33.6 Å². The Labute approximate surface area is 114 Å². The number of rotatable bonds is 4. The van der Waals surface area contributed by atoms with E-state index >= 15 is 0 Å². The average Bonchev–Trinajstić information content (AvgIpc) is 2.28. The van der Waals surface area contributed by atoms with E-state index in [1.807, 2.05) is 23.9 Å². The highest BCUT2D eigenvalue weighted by Gasteiger charge is 2.36. The van der Waals surface area contributed by atoms with E-state index in [9.17, 15) is 4.79 Å². The second-order valence-electron chi connectivity index (χ2n) is 4.27. The molecule has 0 spiro atoms. The monoisotopic (exact) mass is 314 g/mol. The van der Waals surface area contributed by atoms with Gasteiger partial charge in [0.05, 0.1) is 0 Å². The first-order valence-corrected chi connectivity index (χ1v) is 7.63. The molecule has 17 heavy (non-hydrogen) atoms. The molecule has 5 heteroatoms. The lowest BCUT2D eigenvalue weighted by molar-refractivity contribution is 0.0939. The van der Waals surface area contributed by atoms with E-state index in [0.717, 1.165) is 6.54 Å². The molecule has 1 N–H and O–H groups in total. The van der Waals surface area contributed by atoms with E-state index in [1.54, 1.807) is 6.07 Å². The number of thioether (sulfide) groups is 1. The molecule has 3 nitrogen and oxygen atoms in total. The molecule has 1 aliphatic carbocycles. The molecule has 1 saturated carbocycles. The first kappa shape index (κ1) is 12.9. The van der Waals surface area contributed by atoms with Crippen LogP contribution in [0.1, 0.15) is 29.8 Å². The number of aromatic nitrogens is 1. The van der Waals surface area contributed by atoms with Crippen LogP contribution in [0.4, 0.5) is 0 Å². The maximum Gasteiger partial charge on any atom is 0.269 e. The number of carbonyl (C=O) groups is 1. The number of pyridine rings is 1. The fourth-order valence-electron chi connectivity index (χ4n) is 1.89. The van der Waals surface area contributed by atoms with E-state index in [1.165, 1.54) is 19.3 Å². The fraction of sp³-hybridized carbons (Fsp3) is 0.500. The number of carbonyl (C=O) groups excluding carboxylic acids is 1. The van der Waals surface area contributed by atoms with Gasteiger partial charge in [-0.05, 0) is 47.2 Å². The van der Waals surface area contributed by atoms with Crippen LogP contribution in [0.5, 0.6) is 0 Å². The van der Waals surface area contributed by atoms with Crippen molar-refractivity contribution in [2.75, 3.05) is 12.8 Å². The second kappa shape index (κ2) is 5.40. The molecule has 1 heterocycles. The highest BCUT2D eigenvalue weighted by atomic mass is 79.9. The molecule has 1 amide bonds. The third kappa shape index (κ3) is 3.01. The molecule has 0 radical (unpaired) electrons. The molecule has 0 aromatic carbocycles. The molecule has 0 aliphatic heterocycles. The van der Waals surface area contributed by atoms with Crippen molar-refractivity contribution in [2.24, 2.45) is 0 Å². The normalized spacial score (nSPS) is 17.3. The molecule has 0 atom stereocenters. The molecular weight excluding hydrogens is 300 g/mol. The Morgan fingerprint density at radius 1 is 1.59 bits per heavy atom. The predicted octanol–water partition coefficient (Wildman–Crippen LogP) is 2.86. The Kier molecular flexibility index (Phi) is 4.09. The predicted molar refractivity (Wildman–Crippen MR) is 74.4 cm³/mol. The van der Waals surface area contributed by atoms with Crippen molar-refractivity contribution in [2.45, 2.75) is 24.0 Å². The third-order valence-electron chi connectivity index (χ3n) is 3.22. The maximum atomic E-state index is 11.9. The van der Waals surface area contributed by atoms with Gasteiger partial charge in [-0.2, -0.15) is 11.8 Å². The molecule has 2 rings (SSSR count). The Balaban J connectivity index is 1.93. The third-order valence-corrected chi connectivity index (χ3v) is 5.08. The maximum absolute atomic E-state index is 11.9. The van der Waals surface area contributed by atoms with Gasteiger partial charge in [0, 0.05) is 11.3 Å². The lowest BCUT2D eigenvalue weighted by atomic mass is 9.84. The van der Waals surface area contributed by atoms with E-state index in [2.05, 4.69) is 32.5 Å². The minimum absolute atomic E-state index is 0.0911. The smallest absolute Gasteiger partial charge is 0.269 e. The van der Waals surface area contributed by atoms with Gasteiger partial charge in [-0.1, -0.05) is 12.5 Å². The molecule has 92 valence electrons. The number of nitrogens with one attached hydrogen (secondary N) is 1. The molecule has 1 aromatic heterocycles. The van der Waals surface area contributed by atoms with Crippen LogP contribution in [0.3, 0.4) is 0 Å². The first-order valence-electron chi connectivity index (χ1n) is 5.61. The largest absolute Gasteiger partial charge is 0.349 e. The Morgan fingerprint density at radius 3 is 2.88 bits per heavy atom. The highest BCUT2D eigenvalue weighted by Crippen LogP contribution is 2.42. The second-order valence-corrected chi connectivity index (χ2v) is 6.36. The molecule has 1 fully saturated rings. The van der Waals surface area contributed by atoms with Crippen molar-refractivity contribution in [1.82, 2.24) is 10.3 Å². The zero-order chi connectivity index (χ0) is 12.3. The van der Waals surface area contributed by atoms with Gasteiger partial charge in [-0.25, -0.2) is 4.98 Å². The topological polar surface area (TPSA) is 42.0 Å². The molecule has 0 unspecified atom stereocenters. The lowest BCUT2D eigenvalue weighted by Gasteiger charge is -2.40. The van der Waals surface area contributed by atoms with E-state index in [0.29, 0.717) is 10.3 Å². The summed E-state index contributed by atoms with van der Waals surface area (Å²) in [6.07, 6.45) is 5.77.